The number of nitrogens with zero attached hydrogens (tertiary/aromatic N) is 4. The Bertz CT molecular complexity index is 2360. The molecule has 2 fully saturated rings. The van der Waals surface area contributed by atoms with Crippen molar-refractivity contribution in [3.05, 3.63) is 179 Å². The summed E-state index contributed by atoms with van der Waals surface area (Å²) in [6, 6.07) is 39.9. The van der Waals surface area contributed by atoms with Gasteiger partial charge in [-0.15, -0.1) is 0 Å². The molecule has 4 amide bonds. The van der Waals surface area contributed by atoms with Crippen LogP contribution in [0.15, 0.2) is 146 Å². The molecule has 0 aliphatic carbocycles. The second-order valence-corrected chi connectivity index (χ2v) is 15.1. The van der Waals surface area contributed by atoms with E-state index in [4.69, 9.17) is 9.47 Å². The highest BCUT2D eigenvalue weighted by atomic mass is 16.5. The molecule has 2 saturated heterocycles. The third-order valence-electron chi connectivity index (χ3n) is 10.9. The second-order valence-electron chi connectivity index (χ2n) is 15.1. The van der Waals surface area contributed by atoms with Gasteiger partial charge in [-0.25, -0.2) is 9.97 Å². The van der Waals surface area contributed by atoms with Gasteiger partial charge in [-0.3, -0.25) is 19.2 Å². The van der Waals surface area contributed by atoms with Crippen molar-refractivity contribution in [1.29, 1.82) is 0 Å². The lowest BCUT2D eigenvalue weighted by Crippen LogP contribution is -2.43. The number of hydrogen-bond donors (Lipinski definition) is 2. The van der Waals surface area contributed by atoms with E-state index in [1.165, 1.54) is 0 Å². The van der Waals surface area contributed by atoms with Gasteiger partial charge >= 0.3 is 0 Å². The molecule has 2 N–H and O–H groups in total. The average Bonchev–Trinajstić information content (AvgIpc) is 4.03. The first-order chi connectivity index (χ1) is 30.4. The van der Waals surface area contributed by atoms with Crippen molar-refractivity contribution in [1.82, 2.24) is 19.8 Å². The van der Waals surface area contributed by atoms with Crippen molar-refractivity contribution in [2.45, 2.75) is 51.0 Å². The molecule has 12 nitrogen and oxygen atoms in total. The summed E-state index contributed by atoms with van der Waals surface area (Å²) in [5.41, 5.74) is 5.39. The summed E-state index contributed by atoms with van der Waals surface area (Å²) in [5, 5.41) is 5.96. The molecular formula is C50H46N6O6. The molecule has 2 aromatic heterocycles. The predicted octanol–water partition coefficient (Wildman–Crippen LogP) is 8.29. The Morgan fingerprint density at radius 2 is 0.935 bits per heavy atom. The van der Waals surface area contributed by atoms with Gasteiger partial charge in [-0.05, 0) is 96.5 Å². The van der Waals surface area contributed by atoms with Crippen LogP contribution in [0, 0.1) is 0 Å². The number of likely N-dealkylation sites (tertiary alicyclic amines) is 2. The minimum absolute atomic E-state index is 0.185. The SMILES string of the molecule is O=C(Nc1ccc(/C=C/c2ccc(NC(=O)[C@@H]3CCCN3C(=O)c3ncccc3OCc3ccccc3)cc2)cc1)[C@@H]1CCCN1C(=O)c1ncccc1OCc1ccccc1. The van der Waals surface area contributed by atoms with E-state index < -0.39 is 12.1 Å². The lowest BCUT2D eigenvalue weighted by atomic mass is 10.1. The number of carbonyl (C=O) groups is 4. The number of benzene rings is 4. The Balaban J connectivity index is 0.829. The van der Waals surface area contributed by atoms with E-state index >= 15 is 0 Å². The molecule has 8 rings (SSSR count). The number of rotatable bonds is 14. The molecule has 4 aromatic carbocycles. The molecule has 0 bridgehead atoms. The average molecular weight is 827 g/mol. The number of anilines is 2. The third kappa shape index (κ3) is 10.0. The fourth-order valence-electron chi connectivity index (χ4n) is 7.64. The molecule has 6 aromatic rings. The van der Waals surface area contributed by atoms with Crippen LogP contribution in [0.3, 0.4) is 0 Å². The van der Waals surface area contributed by atoms with Crippen molar-refractivity contribution < 1.29 is 28.7 Å². The van der Waals surface area contributed by atoms with Crippen molar-refractivity contribution >= 4 is 47.2 Å². The van der Waals surface area contributed by atoms with E-state index in [-0.39, 0.29) is 35.0 Å². The first-order valence-corrected chi connectivity index (χ1v) is 20.7. The Labute approximate surface area is 360 Å². The Kier molecular flexibility index (Phi) is 13.0. The summed E-state index contributed by atoms with van der Waals surface area (Å²) in [6.45, 7) is 1.48. The fraction of sp³-hybridized carbons (Fsp3) is 0.200. The van der Waals surface area contributed by atoms with Gasteiger partial charge in [-0.1, -0.05) is 97.1 Å². The van der Waals surface area contributed by atoms with Crippen LogP contribution < -0.4 is 20.1 Å². The van der Waals surface area contributed by atoms with Crippen LogP contribution in [0.25, 0.3) is 12.2 Å². The van der Waals surface area contributed by atoms with E-state index in [2.05, 4.69) is 20.6 Å². The molecule has 2 aliphatic rings. The lowest BCUT2D eigenvalue weighted by molar-refractivity contribution is -0.120. The summed E-state index contributed by atoms with van der Waals surface area (Å²) in [5.74, 6) is -0.435. The van der Waals surface area contributed by atoms with Gasteiger partial charge in [0.15, 0.2) is 22.9 Å². The van der Waals surface area contributed by atoms with Gasteiger partial charge in [0.05, 0.1) is 0 Å². The maximum atomic E-state index is 13.7. The number of aromatic nitrogens is 2. The Morgan fingerprint density at radius 3 is 1.34 bits per heavy atom. The number of pyridine rings is 2. The monoisotopic (exact) mass is 826 g/mol. The van der Waals surface area contributed by atoms with E-state index in [1.807, 2.05) is 121 Å². The third-order valence-corrected chi connectivity index (χ3v) is 10.9. The maximum absolute atomic E-state index is 13.7. The second kappa shape index (κ2) is 19.6. The fourth-order valence-corrected chi connectivity index (χ4v) is 7.64. The standard InChI is InChI=1S/C50H46N6O6/c57-47(41-15-9-31-55(41)49(59)45-43(17-7-29-51-45)61-33-37-11-3-1-4-12-37)53-39-25-21-35(22-26-39)19-20-36-23-27-40(28-24-36)54-48(58)42-16-10-32-56(42)50(60)46-44(18-8-30-52-46)62-34-38-13-5-2-6-14-38/h1-8,11-14,17-30,41-42H,9-10,15-16,31-34H2,(H,53,57)(H,54,58)/b20-19+/t41-,42-/m0/s1. The Hall–Kier alpha value is -7.60. The smallest absolute Gasteiger partial charge is 0.276 e. The minimum atomic E-state index is -0.635. The van der Waals surface area contributed by atoms with E-state index in [0.29, 0.717) is 74.9 Å². The van der Waals surface area contributed by atoms with Crippen molar-refractivity contribution in [2.75, 3.05) is 23.7 Å². The van der Waals surface area contributed by atoms with E-state index in [1.54, 1.807) is 46.5 Å². The number of nitrogens with one attached hydrogen (secondary N) is 2. The van der Waals surface area contributed by atoms with Gasteiger partial charge < -0.3 is 29.9 Å². The zero-order valence-corrected chi connectivity index (χ0v) is 34.1. The summed E-state index contributed by atoms with van der Waals surface area (Å²) < 4.78 is 12.0. The van der Waals surface area contributed by atoms with Crippen LogP contribution in [0.5, 0.6) is 11.5 Å². The molecule has 4 heterocycles. The van der Waals surface area contributed by atoms with Gasteiger partial charge in [0.1, 0.15) is 25.3 Å². The lowest BCUT2D eigenvalue weighted by Gasteiger charge is -2.24. The molecular weight excluding hydrogens is 781 g/mol. The summed E-state index contributed by atoms with van der Waals surface area (Å²) in [7, 11) is 0. The van der Waals surface area contributed by atoms with E-state index in [9.17, 15) is 19.2 Å². The number of amides is 4. The van der Waals surface area contributed by atoms with Gasteiger partial charge in [0.2, 0.25) is 11.8 Å². The maximum Gasteiger partial charge on any atom is 0.276 e. The molecule has 0 radical (unpaired) electrons. The first-order valence-electron chi connectivity index (χ1n) is 20.7. The molecule has 2 atom stereocenters. The van der Waals surface area contributed by atoms with Crippen LogP contribution in [-0.4, -0.2) is 68.6 Å². The van der Waals surface area contributed by atoms with Gasteiger partial charge in [0.25, 0.3) is 11.8 Å². The highest BCUT2D eigenvalue weighted by Crippen LogP contribution is 2.28. The largest absolute Gasteiger partial charge is 0.486 e. The van der Waals surface area contributed by atoms with Crippen molar-refractivity contribution in [2.24, 2.45) is 0 Å². The summed E-state index contributed by atoms with van der Waals surface area (Å²) in [6.07, 6.45) is 9.52. The van der Waals surface area contributed by atoms with E-state index in [0.717, 1.165) is 22.3 Å². The zero-order valence-electron chi connectivity index (χ0n) is 34.1. The highest BCUT2D eigenvalue weighted by Gasteiger charge is 2.37. The van der Waals surface area contributed by atoms with Crippen LogP contribution in [-0.2, 0) is 22.8 Å². The van der Waals surface area contributed by atoms with Gasteiger partial charge in [-0.2, -0.15) is 0 Å². The highest BCUT2D eigenvalue weighted by molar-refractivity contribution is 6.03. The quantitative estimate of drug-likeness (QED) is 0.105. The van der Waals surface area contributed by atoms with Crippen LogP contribution in [0.4, 0.5) is 11.4 Å². The molecule has 0 spiro atoms. The molecule has 2 aliphatic heterocycles. The Morgan fingerprint density at radius 1 is 0.532 bits per heavy atom. The zero-order chi connectivity index (χ0) is 42.7. The number of carbonyl (C=O) groups excluding carboxylic acids is 4. The topological polar surface area (TPSA) is 143 Å². The van der Waals surface area contributed by atoms with Crippen LogP contribution >= 0.6 is 0 Å². The summed E-state index contributed by atoms with van der Waals surface area (Å²) in [4.78, 5) is 66.2. The first kappa shape index (κ1) is 41.1. The molecule has 312 valence electrons. The van der Waals surface area contributed by atoms with Gasteiger partial charge in [0, 0.05) is 36.9 Å². The molecule has 0 unspecified atom stereocenters. The van der Waals surface area contributed by atoms with Crippen LogP contribution in [0.1, 0.15) is 68.9 Å². The number of ether oxygens (including phenoxy) is 2. The number of hydrogen-bond acceptors (Lipinski definition) is 8. The summed E-state index contributed by atoms with van der Waals surface area (Å²) >= 11 is 0. The van der Waals surface area contributed by atoms with Crippen molar-refractivity contribution in [3.63, 3.8) is 0 Å². The molecule has 62 heavy (non-hydrogen) atoms. The normalized spacial score (nSPS) is 15.9. The van der Waals surface area contributed by atoms with Crippen molar-refractivity contribution in [3.8, 4) is 11.5 Å². The predicted molar refractivity (Wildman–Crippen MR) is 237 cm³/mol. The van der Waals surface area contributed by atoms with Crippen LogP contribution in [0.2, 0.25) is 0 Å². The molecule has 0 saturated carbocycles. The minimum Gasteiger partial charge on any atom is -0.486 e. The molecule has 12 heteroatoms.